The normalized spacial score (nSPS) is 18.2. The van der Waals surface area contributed by atoms with Crippen LogP contribution in [0.15, 0.2) is 24.4 Å². The first-order valence-corrected chi connectivity index (χ1v) is 8.73. The van der Waals surface area contributed by atoms with Crippen LogP contribution in [0.5, 0.6) is 11.5 Å². The van der Waals surface area contributed by atoms with Crippen molar-refractivity contribution in [3.63, 3.8) is 0 Å². The molecule has 0 spiro atoms. The fraction of sp³-hybridized carbons (Fsp3) is 0.368. The van der Waals surface area contributed by atoms with Gasteiger partial charge in [0.25, 0.3) is 0 Å². The van der Waals surface area contributed by atoms with Gasteiger partial charge in [-0.3, -0.25) is 0 Å². The van der Waals surface area contributed by atoms with Gasteiger partial charge in [0.05, 0.1) is 0 Å². The molecule has 1 atom stereocenters. The van der Waals surface area contributed by atoms with Crippen molar-refractivity contribution in [1.29, 1.82) is 0 Å². The highest BCUT2D eigenvalue weighted by Gasteiger charge is 2.28. The molecule has 4 rings (SSSR count). The summed E-state index contributed by atoms with van der Waals surface area (Å²) in [5.41, 5.74) is 1.58. The third kappa shape index (κ3) is 3.53. The fourth-order valence-corrected chi connectivity index (χ4v) is 3.35. The largest absolute Gasteiger partial charge is 0.452 e. The molecule has 0 saturated carbocycles. The molecule has 1 saturated heterocycles. The lowest BCUT2D eigenvalue weighted by atomic mass is 10.1. The number of nitrogens with one attached hydrogen (secondary N) is 1. The lowest BCUT2D eigenvalue weighted by Crippen LogP contribution is -2.56. The SMILES string of the molecule is C[C@@H]1CN(c2ccnc(F)c2)CCN1C(=O)NCc1cc#cc2c1OCO2. The average Bonchev–Trinajstić information content (AvgIpc) is 3.15. The quantitative estimate of drug-likeness (QED) is 0.837. The maximum absolute atomic E-state index is 13.3. The van der Waals surface area contributed by atoms with E-state index in [-0.39, 0.29) is 18.9 Å². The zero-order valence-corrected chi connectivity index (χ0v) is 14.9. The zero-order valence-electron chi connectivity index (χ0n) is 14.9. The van der Waals surface area contributed by atoms with Crippen molar-refractivity contribution >= 4 is 11.7 Å². The van der Waals surface area contributed by atoms with Crippen LogP contribution in [-0.4, -0.2) is 48.4 Å². The number of piperazine rings is 1. The van der Waals surface area contributed by atoms with Crippen LogP contribution in [0.3, 0.4) is 0 Å². The molecule has 1 aromatic carbocycles. The highest BCUT2D eigenvalue weighted by atomic mass is 19.1. The van der Waals surface area contributed by atoms with Gasteiger partial charge in [-0.2, -0.15) is 4.39 Å². The Morgan fingerprint density at radius 2 is 2.33 bits per heavy atom. The van der Waals surface area contributed by atoms with Crippen LogP contribution < -0.4 is 19.7 Å². The van der Waals surface area contributed by atoms with Crippen molar-refractivity contribution in [1.82, 2.24) is 15.2 Å². The van der Waals surface area contributed by atoms with E-state index in [1.54, 1.807) is 17.0 Å². The molecule has 0 bridgehead atoms. The molecular weight excluding hydrogens is 351 g/mol. The Balaban J connectivity index is 1.36. The first-order chi connectivity index (χ1) is 13.1. The van der Waals surface area contributed by atoms with Gasteiger partial charge in [0.15, 0.2) is 5.75 Å². The van der Waals surface area contributed by atoms with E-state index in [9.17, 15) is 9.18 Å². The third-order valence-electron chi connectivity index (χ3n) is 4.73. The zero-order chi connectivity index (χ0) is 18.8. The van der Waals surface area contributed by atoms with E-state index < -0.39 is 5.95 Å². The van der Waals surface area contributed by atoms with Crippen molar-refractivity contribution in [3.05, 3.63) is 48.0 Å². The summed E-state index contributed by atoms with van der Waals surface area (Å²) < 4.78 is 24.0. The third-order valence-corrected chi connectivity index (χ3v) is 4.73. The van der Waals surface area contributed by atoms with Gasteiger partial charge in [-0.15, -0.1) is 0 Å². The van der Waals surface area contributed by atoms with Gasteiger partial charge in [-0.25, -0.2) is 9.78 Å². The number of rotatable bonds is 3. The molecule has 0 unspecified atom stereocenters. The van der Waals surface area contributed by atoms with Gasteiger partial charge < -0.3 is 24.6 Å². The number of carbonyl (C=O) groups is 1. The number of halogens is 1. The Morgan fingerprint density at radius 3 is 3.15 bits per heavy atom. The Morgan fingerprint density at radius 1 is 1.44 bits per heavy atom. The Labute approximate surface area is 156 Å². The molecule has 1 aromatic heterocycles. The molecule has 1 fully saturated rings. The van der Waals surface area contributed by atoms with E-state index in [0.29, 0.717) is 37.7 Å². The molecule has 8 heteroatoms. The average molecular weight is 370 g/mol. The molecular formula is C19H19FN4O3. The molecule has 1 N–H and O–H groups in total. The molecule has 2 aliphatic heterocycles. The van der Waals surface area contributed by atoms with Crippen LogP contribution in [0.2, 0.25) is 0 Å². The second-order valence-corrected chi connectivity index (χ2v) is 6.49. The number of carbonyl (C=O) groups excluding carboxylic acids is 1. The molecule has 2 aliphatic rings. The van der Waals surface area contributed by atoms with Crippen LogP contribution in [0.1, 0.15) is 12.5 Å². The highest BCUT2D eigenvalue weighted by Crippen LogP contribution is 2.33. The van der Waals surface area contributed by atoms with E-state index in [1.807, 2.05) is 6.92 Å². The lowest BCUT2D eigenvalue weighted by molar-refractivity contribution is 0.169. The number of anilines is 1. The second kappa shape index (κ2) is 7.19. The van der Waals surface area contributed by atoms with Crippen molar-refractivity contribution in [2.45, 2.75) is 19.5 Å². The van der Waals surface area contributed by atoms with Crippen LogP contribution >= 0.6 is 0 Å². The van der Waals surface area contributed by atoms with Gasteiger partial charge in [0, 0.05) is 55.7 Å². The molecule has 0 aliphatic carbocycles. The smallest absolute Gasteiger partial charge is 0.318 e. The van der Waals surface area contributed by atoms with Crippen LogP contribution in [0, 0.1) is 18.1 Å². The summed E-state index contributed by atoms with van der Waals surface area (Å²) >= 11 is 0. The number of urea groups is 1. The Kier molecular flexibility index (Phi) is 4.59. The molecule has 2 aromatic rings. The summed E-state index contributed by atoms with van der Waals surface area (Å²) in [6, 6.07) is 10.5. The van der Waals surface area contributed by atoms with Gasteiger partial charge in [-0.05, 0) is 25.1 Å². The Hall–Kier alpha value is -3.21. The molecule has 2 amide bonds. The van der Waals surface area contributed by atoms with E-state index >= 15 is 0 Å². The van der Waals surface area contributed by atoms with Gasteiger partial charge in [-0.1, -0.05) is 6.07 Å². The molecule has 3 heterocycles. The predicted octanol–water partition coefficient (Wildman–Crippen LogP) is 1.97. The molecule has 27 heavy (non-hydrogen) atoms. The van der Waals surface area contributed by atoms with Crippen LogP contribution in [-0.2, 0) is 6.54 Å². The minimum Gasteiger partial charge on any atom is -0.452 e. The van der Waals surface area contributed by atoms with E-state index in [0.717, 1.165) is 11.3 Å². The molecule has 140 valence electrons. The number of hydrogen-bond acceptors (Lipinski definition) is 5. The van der Waals surface area contributed by atoms with E-state index in [1.165, 1.54) is 12.3 Å². The van der Waals surface area contributed by atoms with Crippen molar-refractivity contribution in [3.8, 4) is 11.5 Å². The summed E-state index contributed by atoms with van der Waals surface area (Å²) in [6.07, 6.45) is 1.45. The van der Waals surface area contributed by atoms with Crippen LogP contribution in [0.25, 0.3) is 0 Å². The van der Waals surface area contributed by atoms with Crippen molar-refractivity contribution in [2.75, 3.05) is 31.3 Å². The van der Waals surface area contributed by atoms with Crippen molar-refractivity contribution < 1.29 is 18.7 Å². The van der Waals surface area contributed by atoms with Crippen LogP contribution in [0.4, 0.5) is 14.9 Å². The summed E-state index contributed by atoms with van der Waals surface area (Å²) in [5, 5.41) is 2.92. The second-order valence-electron chi connectivity index (χ2n) is 6.49. The number of fused-ring (bicyclic) bond motifs is 1. The first-order valence-electron chi connectivity index (χ1n) is 8.73. The van der Waals surface area contributed by atoms with E-state index in [2.05, 4.69) is 27.3 Å². The first kappa shape index (κ1) is 17.2. The van der Waals surface area contributed by atoms with Crippen molar-refractivity contribution in [2.24, 2.45) is 0 Å². The summed E-state index contributed by atoms with van der Waals surface area (Å²) in [7, 11) is 0. The number of ether oxygens (including phenoxy) is 2. The number of nitrogens with zero attached hydrogens (tertiary/aromatic N) is 3. The maximum Gasteiger partial charge on any atom is 0.318 e. The highest BCUT2D eigenvalue weighted by molar-refractivity contribution is 5.75. The number of pyridine rings is 1. The maximum atomic E-state index is 13.3. The monoisotopic (exact) mass is 370 g/mol. The van der Waals surface area contributed by atoms with Gasteiger partial charge in [0.1, 0.15) is 0 Å². The fourth-order valence-electron chi connectivity index (χ4n) is 3.35. The number of aromatic nitrogens is 1. The summed E-state index contributed by atoms with van der Waals surface area (Å²) in [6.45, 7) is 4.24. The predicted molar refractivity (Wildman–Crippen MR) is 95.0 cm³/mol. The number of amides is 2. The minimum absolute atomic E-state index is 0.0176. The lowest BCUT2D eigenvalue weighted by Gasteiger charge is -2.40. The van der Waals surface area contributed by atoms with E-state index in [4.69, 9.17) is 9.47 Å². The van der Waals surface area contributed by atoms with Gasteiger partial charge >= 0.3 is 6.03 Å². The minimum atomic E-state index is -0.504. The molecule has 7 nitrogen and oxygen atoms in total. The molecule has 0 radical (unpaired) electrons. The number of hydrogen-bond donors (Lipinski definition) is 1. The van der Waals surface area contributed by atoms with Gasteiger partial charge in [0.2, 0.25) is 18.5 Å². The standard InChI is InChI=1S/C19H19FN4O3/c1-13-11-23(15-5-6-21-17(20)9-15)7-8-24(13)19(25)22-10-14-3-2-4-16-18(14)27-12-26-16/h3,5-6,9,13H,7-8,10-12H2,1H3,(H,22,25)/t13-/m1/s1. The Bertz CT molecular complexity index is 847. The summed E-state index contributed by atoms with van der Waals surface area (Å²) in [4.78, 5) is 20.0. The summed E-state index contributed by atoms with van der Waals surface area (Å²) in [5.74, 6) is 0.621. The topological polar surface area (TPSA) is 66.9 Å².